The number of hydrogen-bond donors (Lipinski definition) is 1. The first kappa shape index (κ1) is 10.3. The number of nitrogens with zero attached hydrogens (tertiary/aromatic N) is 1. The van der Waals surface area contributed by atoms with Crippen LogP contribution in [0.4, 0.5) is 5.69 Å². The Kier molecular flexibility index (Phi) is 2.17. The largest absolute Gasteiger partial charge is 0.294 e. The van der Waals surface area contributed by atoms with Crippen LogP contribution in [0.2, 0.25) is 0 Å². The van der Waals surface area contributed by atoms with Gasteiger partial charge in [0.2, 0.25) is 0 Å². The van der Waals surface area contributed by atoms with E-state index in [-0.39, 0.29) is 10.8 Å². The van der Waals surface area contributed by atoms with E-state index in [4.69, 9.17) is 4.55 Å². The van der Waals surface area contributed by atoms with Gasteiger partial charge in [0.1, 0.15) is 0 Å². The lowest BCUT2D eigenvalue weighted by molar-refractivity contribution is 0.483. The summed E-state index contributed by atoms with van der Waals surface area (Å²) in [7, 11) is -4.12. The highest BCUT2D eigenvalue weighted by Crippen LogP contribution is 2.36. The van der Waals surface area contributed by atoms with Crippen LogP contribution in [0, 0.1) is 0 Å². The van der Waals surface area contributed by atoms with Crippen LogP contribution in [0.15, 0.2) is 28.1 Å². The van der Waals surface area contributed by atoms with Gasteiger partial charge in [0, 0.05) is 11.6 Å². The maximum atomic E-state index is 10.9. The van der Waals surface area contributed by atoms with E-state index in [0.29, 0.717) is 0 Å². The summed E-state index contributed by atoms with van der Waals surface area (Å²) in [4.78, 5) is 4.23. The van der Waals surface area contributed by atoms with Gasteiger partial charge in [0.25, 0.3) is 10.1 Å². The second-order valence-corrected chi connectivity index (χ2v) is 5.09. The van der Waals surface area contributed by atoms with Crippen molar-refractivity contribution in [3.05, 3.63) is 23.8 Å². The van der Waals surface area contributed by atoms with Crippen LogP contribution in [0.25, 0.3) is 0 Å². The van der Waals surface area contributed by atoms with Crippen molar-refractivity contribution in [1.29, 1.82) is 0 Å². The van der Waals surface area contributed by atoms with Crippen LogP contribution in [0.5, 0.6) is 0 Å². The summed E-state index contributed by atoms with van der Waals surface area (Å²) in [5.74, 6) is 0.113. The summed E-state index contributed by atoms with van der Waals surface area (Å²) in [6.07, 6.45) is 0. The van der Waals surface area contributed by atoms with E-state index in [1.807, 2.05) is 13.8 Å². The van der Waals surface area contributed by atoms with Crippen molar-refractivity contribution in [3.63, 3.8) is 0 Å². The van der Waals surface area contributed by atoms with Gasteiger partial charge in [-0.15, -0.1) is 0 Å². The van der Waals surface area contributed by atoms with Crippen molar-refractivity contribution in [2.45, 2.75) is 24.7 Å². The van der Waals surface area contributed by atoms with E-state index in [9.17, 15) is 8.42 Å². The van der Waals surface area contributed by atoms with Crippen molar-refractivity contribution < 1.29 is 13.0 Å². The van der Waals surface area contributed by atoms with Crippen molar-refractivity contribution in [2.24, 2.45) is 4.99 Å². The van der Waals surface area contributed by atoms with Crippen molar-refractivity contribution in [2.75, 3.05) is 0 Å². The fourth-order valence-corrected chi connectivity index (χ4v) is 2.17. The molecule has 0 radical (unpaired) electrons. The molecule has 5 heteroatoms. The number of benzene rings is 1. The summed E-state index contributed by atoms with van der Waals surface area (Å²) in [5.41, 5.74) is 2.59. The molecule has 0 saturated heterocycles. The fraction of sp³-hybridized carbons (Fsp3) is 0.300. The van der Waals surface area contributed by atoms with E-state index in [1.54, 1.807) is 6.07 Å². The van der Waals surface area contributed by atoms with E-state index < -0.39 is 10.1 Å². The average Bonchev–Trinajstić information content (AvgIpc) is 2.41. The lowest BCUT2D eigenvalue weighted by atomic mass is 9.99. The van der Waals surface area contributed by atoms with Crippen LogP contribution in [-0.4, -0.2) is 18.7 Å². The van der Waals surface area contributed by atoms with Crippen LogP contribution >= 0.6 is 0 Å². The summed E-state index contributed by atoms with van der Waals surface area (Å²) in [6.45, 7) is 3.86. The third-order valence-corrected chi connectivity index (χ3v) is 3.54. The van der Waals surface area contributed by atoms with Gasteiger partial charge in [-0.1, -0.05) is 6.92 Å². The Morgan fingerprint density at radius 1 is 1.40 bits per heavy atom. The zero-order valence-electron chi connectivity index (χ0n) is 8.43. The predicted octanol–water partition coefficient (Wildman–Crippen LogP) is 2.14. The highest BCUT2D eigenvalue weighted by molar-refractivity contribution is 7.85. The van der Waals surface area contributed by atoms with Crippen LogP contribution in [0.1, 0.15) is 25.3 Å². The van der Waals surface area contributed by atoms with Crippen molar-refractivity contribution in [3.8, 4) is 0 Å². The fourth-order valence-electron chi connectivity index (χ4n) is 1.65. The molecule has 4 nitrogen and oxygen atoms in total. The molecule has 0 aliphatic carbocycles. The van der Waals surface area contributed by atoms with E-state index >= 15 is 0 Å². The number of hydrogen-bond acceptors (Lipinski definition) is 3. The highest BCUT2D eigenvalue weighted by atomic mass is 32.2. The van der Waals surface area contributed by atoms with Gasteiger partial charge < -0.3 is 0 Å². The molecule has 1 aromatic rings. The molecule has 15 heavy (non-hydrogen) atoms. The van der Waals surface area contributed by atoms with Gasteiger partial charge in [-0.25, -0.2) is 0 Å². The van der Waals surface area contributed by atoms with Crippen LogP contribution in [-0.2, 0) is 10.1 Å². The molecule has 0 fully saturated rings. The van der Waals surface area contributed by atoms with Gasteiger partial charge >= 0.3 is 0 Å². The number of fused-ring (bicyclic) bond motifs is 1. The van der Waals surface area contributed by atoms with E-state index in [2.05, 4.69) is 4.99 Å². The molecule has 1 unspecified atom stereocenters. The standard InChI is InChI=1S/C10H11NO3S/c1-6-7(2)11-10-4-3-8(5-9(6)10)15(12,13)14/h3-6H,1-2H3,(H,12,13,14). The predicted molar refractivity (Wildman–Crippen MR) is 57.4 cm³/mol. The van der Waals surface area contributed by atoms with Crippen molar-refractivity contribution >= 4 is 21.5 Å². The Balaban J connectivity index is 2.58. The molecule has 1 atom stereocenters. The number of aliphatic imine (C=N–C) groups is 1. The van der Waals surface area contributed by atoms with Gasteiger partial charge in [-0.05, 0) is 30.7 Å². The minimum atomic E-state index is -4.12. The molecule has 1 aromatic carbocycles. The Hall–Kier alpha value is -1.20. The van der Waals surface area contributed by atoms with E-state index in [1.165, 1.54) is 12.1 Å². The van der Waals surface area contributed by atoms with Crippen molar-refractivity contribution in [1.82, 2.24) is 0 Å². The molecule has 0 saturated carbocycles. The van der Waals surface area contributed by atoms with Gasteiger partial charge in [-0.2, -0.15) is 8.42 Å². The van der Waals surface area contributed by atoms with Gasteiger partial charge in [0.05, 0.1) is 10.6 Å². The zero-order chi connectivity index (χ0) is 11.2. The first-order valence-electron chi connectivity index (χ1n) is 4.56. The Morgan fingerprint density at radius 3 is 2.67 bits per heavy atom. The molecule has 2 rings (SSSR count). The second kappa shape index (κ2) is 3.15. The quantitative estimate of drug-likeness (QED) is 0.744. The van der Waals surface area contributed by atoms with Gasteiger partial charge in [0.15, 0.2) is 0 Å². The maximum Gasteiger partial charge on any atom is 0.294 e. The normalized spacial score (nSPS) is 19.9. The first-order valence-corrected chi connectivity index (χ1v) is 6.00. The smallest absolute Gasteiger partial charge is 0.282 e. The molecule has 80 valence electrons. The molecule has 0 aromatic heterocycles. The molecule has 1 heterocycles. The number of rotatable bonds is 1. The van der Waals surface area contributed by atoms with Crippen LogP contribution in [0.3, 0.4) is 0 Å². The lowest BCUT2D eigenvalue weighted by Crippen LogP contribution is -2.01. The summed E-state index contributed by atoms with van der Waals surface area (Å²) >= 11 is 0. The lowest BCUT2D eigenvalue weighted by Gasteiger charge is -2.06. The van der Waals surface area contributed by atoms with Gasteiger partial charge in [-0.3, -0.25) is 9.55 Å². The molecule has 0 amide bonds. The molecule has 0 bridgehead atoms. The molecule has 0 spiro atoms. The molecule has 1 aliphatic heterocycles. The second-order valence-electron chi connectivity index (χ2n) is 3.67. The average molecular weight is 225 g/mol. The topological polar surface area (TPSA) is 66.7 Å². The third kappa shape index (κ3) is 1.68. The maximum absolute atomic E-state index is 10.9. The van der Waals surface area contributed by atoms with E-state index in [0.717, 1.165) is 17.0 Å². The Morgan fingerprint density at radius 2 is 2.07 bits per heavy atom. The van der Waals surface area contributed by atoms with Crippen LogP contribution < -0.4 is 0 Å². The minimum absolute atomic E-state index is 0.0713. The zero-order valence-corrected chi connectivity index (χ0v) is 9.25. The monoisotopic (exact) mass is 225 g/mol. The first-order chi connectivity index (χ1) is 6.89. The minimum Gasteiger partial charge on any atom is -0.282 e. The Labute approximate surface area is 88.4 Å². The Bertz CT molecular complexity index is 546. The summed E-state index contributed by atoms with van der Waals surface area (Å²) < 4.78 is 30.8. The third-order valence-electron chi connectivity index (χ3n) is 2.69. The molecular formula is C10H11NO3S. The summed E-state index contributed by atoms with van der Waals surface area (Å²) in [6, 6.07) is 4.46. The molecular weight excluding hydrogens is 214 g/mol. The highest BCUT2D eigenvalue weighted by Gasteiger charge is 2.22. The summed E-state index contributed by atoms with van der Waals surface area (Å²) in [5, 5.41) is 0. The molecule has 1 aliphatic rings. The molecule has 1 N–H and O–H groups in total. The SMILES string of the molecule is CC1=Nc2ccc(S(=O)(=O)O)cc2C1C.